The average Bonchev–Trinajstić information content (AvgIpc) is 2.47. The maximum atomic E-state index is 5.74. The summed E-state index contributed by atoms with van der Waals surface area (Å²) in [6.45, 7) is 10.6. The quantitative estimate of drug-likeness (QED) is 0.889. The fourth-order valence-corrected chi connectivity index (χ4v) is 3.01. The van der Waals surface area contributed by atoms with Gasteiger partial charge < -0.3 is 10.5 Å². The van der Waals surface area contributed by atoms with Crippen LogP contribution in [0.25, 0.3) is 0 Å². The maximum Gasteiger partial charge on any atom is 0.123 e. The smallest absolute Gasteiger partial charge is 0.123 e. The summed E-state index contributed by atoms with van der Waals surface area (Å²) >= 11 is 0. The van der Waals surface area contributed by atoms with E-state index in [1.165, 1.54) is 11.1 Å². The van der Waals surface area contributed by atoms with Crippen LogP contribution in [0, 0.1) is 0 Å². The molecule has 0 aliphatic carbocycles. The summed E-state index contributed by atoms with van der Waals surface area (Å²) in [5, 5.41) is 0. The van der Waals surface area contributed by atoms with E-state index < -0.39 is 0 Å². The van der Waals surface area contributed by atoms with Crippen LogP contribution in [-0.2, 0) is 13.1 Å². The standard InChI is InChI=1S/C16H27N3O/c1-4-19-8-7-18(11-13(19)2)12-15-9-14(10-17)5-6-16(15)20-3/h5-6,9,13H,4,7-8,10-12,17H2,1-3H3. The van der Waals surface area contributed by atoms with Crippen molar-refractivity contribution >= 4 is 0 Å². The lowest BCUT2D eigenvalue weighted by Gasteiger charge is -2.39. The molecule has 0 bridgehead atoms. The van der Waals surface area contributed by atoms with Gasteiger partial charge in [0.25, 0.3) is 0 Å². The summed E-state index contributed by atoms with van der Waals surface area (Å²) in [6.07, 6.45) is 0. The van der Waals surface area contributed by atoms with E-state index in [1.54, 1.807) is 7.11 Å². The van der Waals surface area contributed by atoms with Gasteiger partial charge in [-0.15, -0.1) is 0 Å². The van der Waals surface area contributed by atoms with Crippen molar-refractivity contribution in [2.75, 3.05) is 33.3 Å². The molecule has 1 aromatic rings. The summed E-state index contributed by atoms with van der Waals surface area (Å²) in [6, 6.07) is 6.87. The highest BCUT2D eigenvalue weighted by Crippen LogP contribution is 2.23. The van der Waals surface area contributed by atoms with E-state index in [1.807, 2.05) is 12.1 Å². The fraction of sp³-hybridized carbons (Fsp3) is 0.625. The van der Waals surface area contributed by atoms with Crippen molar-refractivity contribution in [3.8, 4) is 5.75 Å². The topological polar surface area (TPSA) is 41.7 Å². The van der Waals surface area contributed by atoms with E-state index in [-0.39, 0.29) is 0 Å². The first kappa shape index (κ1) is 15.3. The number of benzene rings is 1. The Morgan fingerprint density at radius 3 is 2.75 bits per heavy atom. The highest BCUT2D eigenvalue weighted by Gasteiger charge is 2.22. The first-order chi connectivity index (χ1) is 9.67. The molecule has 4 nitrogen and oxygen atoms in total. The molecule has 1 unspecified atom stereocenters. The second-order valence-corrected chi connectivity index (χ2v) is 5.56. The third kappa shape index (κ3) is 3.51. The van der Waals surface area contributed by atoms with Crippen molar-refractivity contribution in [3.63, 3.8) is 0 Å². The highest BCUT2D eigenvalue weighted by molar-refractivity contribution is 5.37. The maximum absolute atomic E-state index is 5.74. The SMILES string of the molecule is CCN1CCN(Cc2cc(CN)ccc2OC)CC1C. The predicted octanol–water partition coefficient (Wildman–Crippen LogP) is 1.68. The molecule has 0 spiro atoms. The van der Waals surface area contributed by atoms with Crippen LogP contribution >= 0.6 is 0 Å². The van der Waals surface area contributed by atoms with Crippen molar-refractivity contribution in [2.45, 2.75) is 33.0 Å². The Morgan fingerprint density at radius 2 is 2.15 bits per heavy atom. The van der Waals surface area contributed by atoms with Crippen molar-refractivity contribution in [1.29, 1.82) is 0 Å². The van der Waals surface area contributed by atoms with E-state index in [0.717, 1.165) is 38.5 Å². The molecule has 1 aliphatic heterocycles. The van der Waals surface area contributed by atoms with Crippen LogP contribution in [0.3, 0.4) is 0 Å². The van der Waals surface area contributed by atoms with Gasteiger partial charge >= 0.3 is 0 Å². The Bertz CT molecular complexity index is 436. The van der Waals surface area contributed by atoms with Crippen molar-refractivity contribution < 1.29 is 4.74 Å². The molecule has 1 aliphatic rings. The Kier molecular flexibility index (Phi) is 5.40. The molecule has 1 fully saturated rings. The summed E-state index contributed by atoms with van der Waals surface area (Å²) in [4.78, 5) is 5.04. The number of hydrogen-bond acceptors (Lipinski definition) is 4. The summed E-state index contributed by atoms with van der Waals surface area (Å²) in [5.41, 5.74) is 8.15. The van der Waals surface area contributed by atoms with Crippen LogP contribution in [0.5, 0.6) is 5.75 Å². The van der Waals surface area contributed by atoms with Gasteiger partial charge in [0.2, 0.25) is 0 Å². The number of piperazine rings is 1. The van der Waals surface area contributed by atoms with Crippen LogP contribution in [0.4, 0.5) is 0 Å². The van der Waals surface area contributed by atoms with Gasteiger partial charge in [0.05, 0.1) is 7.11 Å². The number of nitrogens with zero attached hydrogens (tertiary/aromatic N) is 2. The molecule has 0 saturated carbocycles. The van der Waals surface area contributed by atoms with E-state index in [4.69, 9.17) is 10.5 Å². The number of hydrogen-bond donors (Lipinski definition) is 1. The number of methoxy groups -OCH3 is 1. The van der Waals surface area contributed by atoms with E-state index >= 15 is 0 Å². The zero-order valence-electron chi connectivity index (χ0n) is 12.9. The molecular formula is C16H27N3O. The molecule has 0 aromatic heterocycles. The lowest BCUT2D eigenvalue weighted by molar-refractivity contribution is 0.0829. The zero-order chi connectivity index (χ0) is 14.5. The molecule has 1 saturated heterocycles. The van der Waals surface area contributed by atoms with Gasteiger partial charge in [-0.25, -0.2) is 0 Å². The molecule has 112 valence electrons. The van der Waals surface area contributed by atoms with Gasteiger partial charge in [-0.05, 0) is 31.2 Å². The van der Waals surface area contributed by atoms with Crippen molar-refractivity contribution in [3.05, 3.63) is 29.3 Å². The molecule has 1 heterocycles. The van der Waals surface area contributed by atoms with Gasteiger partial charge in [-0.1, -0.05) is 13.0 Å². The first-order valence-electron chi connectivity index (χ1n) is 7.50. The minimum Gasteiger partial charge on any atom is -0.496 e. The van der Waals surface area contributed by atoms with Crippen LogP contribution in [-0.4, -0.2) is 49.1 Å². The monoisotopic (exact) mass is 277 g/mol. The lowest BCUT2D eigenvalue weighted by atomic mass is 10.1. The van der Waals surface area contributed by atoms with Crippen LogP contribution in [0.2, 0.25) is 0 Å². The van der Waals surface area contributed by atoms with Crippen molar-refractivity contribution in [2.24, 2.45) is 5.73 Å². The molecule has 0 radical (unpaired) electrons. The van der Waals surface area contributed by atoms with Gasteiger partial charge in [-0.3, -0.25) is 9.80 Å². The average molecular weight is 277 g/mol. The molecule has 1 aromatic carbocycles. The Hall–Kier alpha value is -1.10. The summed E-state index contributed by atoms with van der Waals surface area (Å²) in [5.74, 6) is 0.966. The molecular weight excluding hydrogens is 250 g/mol. The zero-order valence-corrected chi connectivity index (χ0v) is 12.9. The molecule has 2 rings (SSSR count). The third-order valence-corrected chi connectivity index (χ3v) is 4.23. The number of ether oxygens (including phenoxy) is 1. The number of rotatable bonds is 5. The van der Waals surface area contributed by atoms with Crippen LogP contribution in [0.15, 0.2) is 18.2 Å². The van der Waals surface area contributed by atoms with E-state index in [9.17, 15) is 0 Å². The second-order valence-electron chi connectivity index (χ2n) is 5.56. The van der Waals surface area contributed by atoms with Crippen LogP contribution in [0.1, 0.15) is 25.0 Å². The first-order valence-corrected chi connectivity index (χ1v) is 7.50. The lowest BCUT2D eigenvalue weighted by Crippen LogP contribution is -2.51. The highest BCUT2D eigenvalue weighted by atomic mass is 16.5. The Morgan fingerprint density at radius 1 is 1.35 bits per heavy atom. The fourth-order valence-electron chi connectivity index (χ4n) is 3.01. The minimum absolute atomic E-state index is 0.580. The normalized spacial score (nSPS) is 21.1. The largest absolute Gasteiger partial charge is 0.496 e. The van der Waals surface area contributed by atoms with Gasteiger partial charge in [0.1, 0.15) is 5.75 Å². The summed E-state index contributed by atoms with van der Waals surface area (Å²) < 4.78 is 5.48. The molecule has 1 atom stereocenters. The van der Waals surface area contributed by atoms with Crippen LogP contribution < -0.4 is 10.5 Å². The van der Waals surface area contributed by atoms with Crippen molar-refractivity contribution in [1.82, 2.24) is 9.80 Å². The third-order valence-electron chi connectivity index (χ3n) is 4.23. The van der Waals surface area contributed by atoms with Gasteiger partial charge in [0, 0.05) is 44.3 Å². The van der Waals surface area contributed by atoms with E-state index in [2.05, 4.69) is 29.7 Å². The Labute approximate surface area is 122 Å². The molecule has 4 heteroatoms. The second kappa shape index (κ2) is 7.07. The summed E-state index contributed by atoms with van der Waals surface area (Å²) in [7, 11) is 1.73. The van der Waals surface area contributed by atoms with Gasteiger partial charge in [-0.2, -0.15) is 0 Å². The minimum atomic E-state index is 0.580. The van der Waals surface area contributed by atoms with E-state index in [0.29, 0.717) is 12.6 Å². The van der Waals surface area contributed by atoms with Gasteiger partial charge in [0.15, 0.2) is 0 Å². The molecule has 2 N–H and O–H groups in total. The molecule has 0 amide bonds. The number of nitrogens with two attached hydrogens (primary N) is 1. The number of likely N-dealkylation sites (N-methyl/N-ethyl adjacent to an activating group) is 1. The molecule has 20 heavy (non-hydrogen) atoms. The predicted molar refractivity (Wildman–Crippen MR) is 82.9 cm³/mol. The Balaban J connectivity index is 2.06.